The SMILES string of the molecule is CC[Si](CC)(CC)OC(C)[C@H]1C(=O)N2C(C(=O)OC(=O)c3ccc([N+](=O)[O-])cc3)=C(CN3CC[C@H](NC(=O)CNS(N)(=O)=O)C3)[C@H](C)[C@H]12. The number of non-ortho nitro benzene ring substituents is 1. The molecular weight excluding hydrogens is 665 g/mol. The lowest BCUT2D eigenvalue weighted by molar-refractivity contribution is -0.384. The molecule has 0 spiro atoms. The van der Waals surface area contributed by atoms with Crippen LogP contribution in [0.1, 0.15) is 51.4 Å². The largest absolute Gasteiger partial charge is 0.413 e. The van der Waals surface area contributed by atoms with Gasteiger partial charge in [0, 0.05) is 43.7 Å². The van der Waals surface area contributed by atoms with Crippen molar-refractivity contribution in [1.29, 1.82) is 0 Å². The number of nitrogens with zero attached hydrogens (tertiary/aromatic N) is 3. The second-order valence-electron chi connectivity index (χ2n) is 12.6. The third-order valence-corrected chi connectivity index (χ3v) is 15.1. The van der Waals surface area contributed by atoms with Crippen LogP contribution in [0, 0.1) is 22.0 Å². The topological polar surface area (TPSA) is 221 Å². The first-order valence-electron chi connectivity index (χ1n) is 16.1. The number of hydrogen-bond donors (Lipinski definition) is 3. The molecule has 0 saturated carbocycles. The molecule has 16 nitrogen and oxygen atoms in total. The van der Waals surface area contributed by atoms with Gasteiger partial charge in [0.25, 0.3) is 15.9 Å². The van der Waals surface area contributed by atoms with E-state index in [9.17, 15) is 37.7 Å². The van der Waals surface area contributed by atoms with Crippen molar-refractivity contribution in [3.8, 4) is 0 Å². The van der Waals surface area contributed by atoms with Crippen LogP contribution in [0.5, 0.6) is 0 Å². The van der Waals surface area contributed by atoms with E-state index in [1.165, 1.54) is 17.0 Å². The highest BCUT2D eigenvalue weighted by Gasteiger charge is 2.61. The lowest BCUT2D eigenvalue weighted by atomic mass is 9.77. The van der Waals surface area contributed by atoms with Crippen molar-refractivity contribution in [2.75, 3.05) is 26.2 Å². The molecule has 0 bridgehead atoms. The number of ether oxygens (including phenoxy) is 1. The normalized spacial score (nSPS) is 23.5. The van der Waals surface area contributed by atoms with Crippen molar-refractivity contribution >= 4 is 48.0 Å². The van der Waals surface area contributed by atoms with Gasteiger partial charge in [-0.15, -0.1) is 0 Å². The number of carbonyl (C=O) groups excluding carboxylic acids is 4. The zero-order valence-electron chi connectivity index (χ0n) is 27.8. The van der Waals surface area contributed by atoms with Gasteiger partial charge in [0.1, 0.15) is 5.70 Å². The minimum Gasteiger partial charge on any atom is -0.413 e. The molecule has 1 aromatic carbocycles. The predicted octanol–water partition coefficient (Wildman–Crippen LogP) is 1.40. The average Bonchev–Trinajstić information content (AvgIpc) is 3.58. The molecule has 3 heterocycles. The number of amides is 2. The van der Waals surface area contributed by atoms with Crippen molar-refractivity contribution < 1.29 is 41.7 Å². The molecule has 0 aromatic heterocycles. The maximum atomic E-state index is 13.8. The lowest BCUT2D eigenvalue weighted by Gasteiger charge is -2.49. The first kappa shape index (κ1) is 37.3. The molecular formula is C30H44N6O10SSi. The van der Waals surface area contributed by atoms with Crippen molar-refractivity contribution in [2.24, 2.45) is 17.0 Å². The number of nitrogens with one attached hydrogen (secondary N) is 2. The Morgan fingerprint density at radius 1 is 1.12 bits per heavy atom. The standard InChI is InChI=1S/C30H44N6O10SSi/c1-6-48(7-2,8-3)46-19(5)25-26-18(4)23(17-34-14-13-21(16-34)33-24(37)15-32-47(31,43)44)27(35(26)28(25)38)30(40)45-29(39)20-9-11-22(12-10-20)36(41)42/h9-12,18-19,21,25-26,32H,6-8,13-17H2,1-5H3,(H,33,37)(H2,31,43,44)/t18-,19?,21-,25+,26+/m0/s1. The number of fused-ring (bicyclic) bond motifs is 1. The van der Waals surface area contributed by atoms with Crippen LogP contribution < -0.4 is 15.2 Å². The zero-order valence-corrected chi connectivity index (χ0v) is 29.6. The highest BCUT2D eigenvalue weighted by atomic mass is 32.2. The second kappa shape index (κ2) is 14.9. The third kappa shape index (κ3) is 8.00. The minimum absolute atomic E-state index is 0.00830. The molecule has 48 heavy (non-hydrogen) atoms. The van der Waals surface area contributed by atoms with E-state index >= 15 is 0 Å². The van der Waals surface area contributed by atoms with E-state index in [4.69, 9.17) is 14.3 Å². The van der Waals surface area contributed by atoms with E-state index in [0.29, 0.717) is 25.1 Å². The maximum Gasteiger partial charge on any atom is 0.362 e. The zero-order chi connectivity index (χ0) is 35.6. The average molecular weight is 709 g/mol. The van der Waals surface area contributed by atoms with Crippen LogP contribution in [0.15, 0.2) is 35.5 Å². The maximum absolute atomic E-state index is 13.8. The van der Waals surface area contributed by atoms with E-state index < -0.39 is 53.8 Å². The lowest BCUT2D eigenvalue weighted by Crippen LogP contribution is -2.65. The Labute approximate surface area is 280 Å². The fourth-order valence-electron chi connectivity index (χ4n) is 6.99. The van der Waals surface area contributed by atoms with Gasteiger partial charge in [-0.05, 0) is 49.2 Å². The summed E-state index contributed by atoms with van der Waals surface area (Å²) in [5.41, 5.74) is 0.304. The van der Waals surface area contributed by atoms with Gasteiger partial charge in [-0.3, -0.25) is 24.6 Å². The summed E-state index contributed by atoms with van der Waals surface area (Å²) in [7, 11) is -6.09. The Morgan fingerprint density at radius 2 is 1.75 bits per heavy atom. The fraction of sp³-hybridized carbons (Fsp3) is 0.600. The number of carbonyl (C=O) groups is 4. The molecule has 1 unspecified atom stereocenters. The summed E-state index contributed by atoms with van der Waals surface area (Å²) in [6.45, 7) is 10.8. The Kier molecular flexibility index (Phi) is 11.6. The van der Waals surface area contributed by atoms with E-state index in [0.717, 1.165) is 30.3 Å². The highest BCUT2D eigenvalue weighted by Crippen LogP contribution is 2.49. The van der Waals surface area contributed by atoms with Gasteiger partial charge in [-0.1, -0.05) is 27.7 Å². The van der Waals surface area contributed by atoms with Gasteiger partial charge in [-0.2, -0.15) is 13.1 Å². The fourth-order valence-corrected chi connectivity index (χ4v) is 10.3. The first-order chi connectivity index (χ1) is 22.5. The van der Waals surface area contributed by atoms with E-state index in [2.05, 4.69) is 26.1 Å². The second-order valence-corrected chi connectivity index (χ2v) is 18.7. The number of β-lactam (4-membered cyclic amide) rings is 1. The Balaban J connectivity index is 1.55. The van der Waals surface area contributed by atoms with E-state index in [1.54, 1.807) is 0 Å². The van der Waals surface area contributed by atoms with Crippen LogP contribution in [-0.2, 0) is 33.8 Å². The summed E-state index contributed by atoms with van der Waals surface area (Å²) < 4.78 is 36.2. The summed E-state index contributed by atoms with van der Waals surface area (Å²) in [4.78, 5) is 66.5. The summed E-state index contributed by atoms with van der Waals surface area (Å²) in [6, 6.07) is 6.67. The number of hydrogen-bond acceptors (Lipinski definition) is 11. The molecule has 18 heteroatoms. The van der Waals surface area contributed by atoms with Crippen molar-refractivity contribution in [3.63, 3.8) is 0 Å². The van der Waals surface area contributed by atoms with Crippen LogP contribution in [0.2, 0.25) is 18.1 Å². The highest BCUT2D eigenvalue weighted by molar-refractivity contribution is 7.87. The number of esters is 2. The van der Waals surface area contributed by atoms with Gasteiger partial charge < -0.3 is 19.4 Å². The van der Waals surface area contributed by atoms with Crippen LogP contribution in [0.25, 0.3) is 0 Å². The van der Waals surface area contributed by atoms with Gasteiger partial charge in [0.05, 0.1) is 35.1 Å². The molecule has 4 N–H and O–H groups in total. The van der Waals surface area contributed by atoms with Crippen molar-refractivity contribution in [2.45, 2.75) is 77.4 Å². The molecule has 3 aliphatic rings. The molecule has 2 amide bonds. The number of nitro groups is 1. The quantitative estimate of drug-likeness (QED) is 0.0590. The molecule has 0 radical (unpaired) electrons. The Bertz CT molecular complexity index is 1570. The molecule has 3 aliphatic heterocycles. The van der Waals surface area contributed by atoms with Crippen molar-refractivity contribution in [1.82, 2.24) is 19.8 Å². The predicted molar refractivity (Wildman–Crippen MR) is 176 cm³/mol. The van der Waals surface area contributed by atoms with Crippen molar-refractivity contribution in [3.05, 3.63) is 51.2 Å². The molecule has 5 atom stereocenters. The summed E-state index contributed by atoms with van der Waals surface area (Å²) in [5.74, 6) is -3.63. The van der Waals surface area contributed by atoms with Gasteiger partial charge in [0.2, 0.25) is 11.8 Å². The molecule has 264 valence electrons. The van der Waals surface area contributed by atoms with E-state index in [1.807, 2.05) is 23.5 Å². The van der Waals surface area contributed by atoms with Gasteiger partial charge >= 0.3 is 11.9 Å². The Hall–Kier alpha value is -3.55. The molecule has 2 saturated heterocycles. The van der Waals surface area contributed by atoms with Crippen LogP contribution in [0.4, 0.5) is 5.69 Å². The van der Waals surface area contributed by atoms with Gasteiger partial charge in [-0.25, -0.2) is 14.7 Å². The molecule has 1 aromatic rings. The number of likely N-dealkylation sites (tertiary alicyclic amines) is 1. The number of nitro benzene ring substituents is 1. The monoisotopic (exact) mass is 708 g/mol. The van der Waals surface area contributed by atoms with Gasteiger partial charge in [0.15, 0.2) is 8.32 Å². The number of benzene rings is 1. The summed E-state index contributed by atoms with van der Waals surface area (Å²) in [6.07, 6.45) is 0.168. The summed E-state index contributed by atoms with van der Waals surface area (Å²) >= 11 is 0. The first-order valence-corrected chi connectivity index (χ1v) is 20.2. The molecule has 4 rings (SSSR count). The molecule has 0 aliphatic carbocycles. The number of nitrogens with two attached hydrogens (primary N) is 1. The van der Waals surface area contributed by atoms with Crippen LogP contribution in [0.3, 0.4) is 0 Å². The van der Waals surface area contributed by atoms with E-state index in [-0.39, 0.29) is 53.5 Å². The smallest absolute Gasteiger partial charge is 0.362 e. The third-order valence-electron chi connectivity index (χ3n) is 9.83. The Morgan fingerprint density at radius 3 is 2.31 bits per heavy atom. The number of rotatable bonds is 15. The minimum atomic E-state index is -4.03. The van der Waals surface area contributed by atoms with Crippen LogP contribution in [-0.4, -0.2) is 99.6 Å². The van der Waals surface area contributed by atoms with Crippen LogP contribution >= 0.6 is 0 Å². The molecule has 2 fully saturated rings. The summed E-state index contributed by atoms with van der Waals surface area (Å²) in [5, 5.41) is 18.7.